The molecule has 0 N–H and O–H groups in total. The SMILES string of the molecule is CCOc1cc2c(cc1OCC)C1CC(=O)N(c3ccc(CC)cc3)C(=O)N1CC2. The first-order valence-corrected chi connectivity index (χ1v) is 10.7. The van der Waals surface area contributed by atoms with Crippen LogP contribution in [0.15, 0.2) is 36.4 Å². The third kappa shape index (κ3) is 3.51. The van der Waals surface area contributed by atoms with Gasteiger partial charge in [-0.15, -0.1) is 0 Å². The second kappa shape index (κ2) is 8.38. The van der Waals surface area contributed by atoms with E-state index in [1.165, 1.54) is 10.5 Å². The standard InChI is InChI=1S/C24H28N2O4/c1-4-16-7-9-18(10-8-16)26-23(27)15-20-19-14-22(30-6-3)21(29-5-2)13-17(19)11-12-25(20)24(26)28/h7-10,13-14,20H,4-6,11-12,15H2,1-3H3. The van der Waals surface area contributed by atoms with Crippen LogP contribution in [0.5, 0.6) is 11.5 Å². The Hall–Kier alpha value is -3.02. The molecule has 30 heavy (non-hydrogen) atoms. The minimum atomic E-state index is -0.269. The third-order valence-electron chi connectivity index (χ3n) is 5.82. The molecule has 0 spiro atoms. The monoisotopic (exact) mass is 408 g/mol. The van der Waals surface area contributed by atoms with E-state index >= 15 is 0 Å². The summed E-state index contributed by atoms with van der Waals surface area (Å²) >= 11 is 0. The van der Waals surface area contributed by atoms with Gasteiger partial charge in [-0.25, -0.2) is 9.69 Å². The fraction of sp³-hybridized carbons (Fsp3) is 0.417. The van der Waals surface area contributed by atoms with Crippen molar-refractivity contribution in [2.24, 2.45) is 0 Å². The number of hydrogen-bond donors (Lipinski definition) is 0. The molecule has 2 aromatic carbocycles. The van der Waals surface area contributed by atoms with Crippen molar-refractivity contribution in [3.8, 4) is 11.5 Å². The lowest BCUT2D eigenvalue weighted by Crippen LogP contribution is -2.55. The molecule has 2 heterocycles. The van der Waals surface area contributed by atoms with Gasteiger partial charge in [0.15, 0.2) is 11.5 Å². The van der Waals surface area contributed by atoms with Crippen molar-refractivity contribution < 1.29 is 19.1 Å². The number of urea groups is 1. The van der Waals surface area contributed by atoms with E-state index in [1.54, 1.807) is 0 Å². The molecule has 1 unspecified atom stereocenters. The van der Waals surface area contributed by atoms with Gasteiger partial charge >= 0.3 is 6.03 Å². The summed E-state index contributed by atoms with van der Waals surface area (Å²) in [7, 11) is 0. The zero-order valence-electron chi connectivity index (χ0n) is 17.8. The molecule has 1 fully saturated rings. The summed E-state index contributed by atoms with van der Waals surface area (Å²) in [6.45, 7) is 7.60. The molecule has 6 nitrogen and oxygen atoms in total. The molecule has 3 amide bonds. The molecule has 0 aromatic heterocycles. The third-order valence-corrected chi connectivity index (χ3v) is 5.82. The van der Waals surface area contributed by atoms with Crippen molar-refractivity contribution in [2.45, 2.75) is 46.1 Å². The molecule has 0 bridgehead atoms. The highest BCUT2D eigenvalue weighted by atomic mass is 16.5. The van der Waals surface area contributed by atoms with Gasteiger partial charge in [0.2, 0.25) is 5.91 Å². The highest BCUT2D eigenvalue weighted by molar-refractivity contribution is 6.16. The number of hydrogen-bond acceptors (Lipinski definition) is 4. The summed E-state index contributed by atoms with van der Waals surface area (Å²) in [5.74, 6) is 1.21. The van der Waals surface area contributed by atoms with Gasteiger partial charge in [0, 0.05) is 6.54 Å². The summed E-state index contributed by atoms with van der Waals surface area (Å²) in [4.78, 5) is 29.4. The maximum atomic E-state index is 13.3. The fourth-order valence-corrected chi connectivity index (χ4v) is 4.32. The molecule has 0 aliphatic carbocycles. The van der Waals surface area contributed by atoms with Gasteiger partial charge < -0.3 is 14.4 Å². The molecular weight excluding hydrogens is 380 g/mol. The summed E-state index contributed by atoms with van der Waals surface area (Å²) in [5, 5.41) is 0. The minimum Gasteiger partial charge on any atom is -0.490 e. The van der Waals surface area contributed by atoms with Crippen LogP contribution in [0, 0.1) is 0 Å². The van der Waals surface area contributed by atoms with E-state index in [0.717, 1.165) is 29.7 Å². The predicted molar refractivity (Wildman–Crippen MR) is 115 cm³/mol. The molecule has 1 atom stereocenters. The van der Waals surface area contributed by atoms with Crippen molar-refractivity contribution in [3.05, 3.63) is 53.1 Å². The molecular formula is C24H28N2O4. The van der Waals surface area contributed by atoms with Crippen LogP contribution in [0.4, 0.5) is 10.5 Å². The summed E-state index contributed by atoms with van der Waals surface area (Å²) < 4.78 is 11.5. The number of aryl methyl sites for hydroxylation is 1. The number of fused-ring (bicyclic) bond motifs is 3. The predicted octanol–water partition coefficient (Wildman–Crippen LogP) is 4.50. The van der Waals surface area contributed by atoms with Crippen LogP contribution >= 0.6 is 0 Å². The maximum Gasteiger partial charge on any atom is 0.331 e. The van der Waals surface area contributed by atoms with Crippen LogP contribution in [-0.2, 0) is 17.6 Å². The van der Waals surface area contributed by atoms with Gasteiger partial charge in [0.1, 0.15) is 0 Å². The maximum absolute atomic E-state index is 13.3. The summed E-state index contributed by atoms with van der Waals surface area (Å²) in [5.41, 5.74) is 3.91. The van der Waals surface area contributed by atoms with E-state index in [4.69, 9.17) is 9.47 Å². The number of benzene rings is 2. The topological polar surface area (TPSA) is 59.1 Å². The minimum absolute atomic E-state index is 0.176. The van der Waals surface area contributed by atoms with E-state index in [0.29, 0.717) is 31.2 Å². The number of nitrogens with zero attached hydrogens (tertiary/aromatic N) is 2. The Balaban J connectivity index is 1.67. The van der Waals surface area contributed by atoms with Gasteiger partial charge in [0.25, 0.3) is 0 Å². The molecule has 2 aromatic rings. The van der Waals surface area contributed by atoms with Gasteiger partial charge in [0.05, 0.1) is 31.4 Å². The first kappa shape index (κ1) is 20.3. The van der Waals surface area contributed by atoms with E-state index in [-0.39, 0.29) is 24.4 Å². The summed E-state index contributed by atoms with van der Waals surface area (Å²) in [6.07, 6.45) is 1.90. The Morgan fingerprint density at radius 1 is 0.967 bits per heavy atom. The second-order valence-corrected chi connectivity index (χ2v) is 7.56. The van der Waals surface area contributed by atoms with Crippen LogP contribution in [0.1, 0.15) is 49.9 Å². The lowest BCUT2D eigenvalue weighted by atomic mass is 9.88. The first-order valence-electron chi connectivity index (χ1n) is 10.7. The number of imide groups is 1. The average Bonchev–Trinajstić information content (AvgIpc) is 2.75. The van der Waals surface area contributed by atoms with Crippen molar-refractivity contribution in [2.75, 3.05) is 24.7 Å². The average molecular weight is 408 g/mol. The van der Waals surface area contributed by atoms with E-state index in [2.05, 4.69) is 6.92 Å². The Morgan fingerprint density at radius 3 is 2.27 bits per heavy atom. The largest absolute Gasteiger partial charge is 0.490 e. The van der Waals surface area contributed by atoms with Crippen LogP contribution in [-0.4, -0.2) is 36.6 Å². The highest BCUT2D eigenvalue weighted by Crippen LogP contribution is 2.42. The number of rotatable bonds is 6. The number of carbonyl (C=O) groups is 2. The first-order chi connectivity index (χ1) is 14.6. The van der Waals surface area contributed by atoms with Crippen molar-refractivity contribution in [1.29, 1.82) is 0 Å². The Kier molecular flexibility index (Phi) is 5.66. The Labute approximate surface area is 177 Å². The van der Waals surface area contributed by atoms with E-state index in [9.17, 15) is 9.59 Å². The molecule has 6 heteroatoms. The van der Waals surface area contributed by atoms with Crippen molar-refractivity contribution in [1.82, 2.24) is 4.90 Å². The van der Waals surface area contributed by atoms with Crippen molar-refractivity contribution in [3.63, 3.8) is 0 Å². The molecule has 1 saturated heterocycles. The van der Waals surface area contributed by atoms with E-state index in [1.807, 2.05) is 55.1 Å². The Morgan fingerprint density at radius 2 is 1.63 bits per heavy atom. The molecule has 4 rings (SSSR count). The van der Waals surface area contributed by atoms with Gasteiger partial charge in [-0.3, -0.25) is 4.79 Å². The molecule has 2 aliphatic rings. The number of amides is 3. The highest BCUT2D eigenvalue weighted by Gasteiger charge is 2.43. The van der Waals surface area contributed by atoms with Gasteiger partial charge in [-0.05, 0) is 67.6 Å². The molecule has 2 aliphatic heterocycles. The number of carbonyl (C=O) groups excluding carboxylic acids is 2. The van der Waals surface area contributed by atoms with E-state index < -0.39 is 0 Å². The normalized spacial score (nSPS) is 18.2. The second-order valence-electron chi connectivity index (χ2n) is 7.56. The lowest BCUT2D eigenvalue weighted by Gasteiger charge is -2.43. The van der Waals surface area contributed by atoms with Crippen LogP contribution in [0.25, 0.3) is 0 Å². The molecule has 0 radical (unpaired) electrons. The van der Waals surface area contributed by atoms with Crippen LogP contribution in [0.2, 0.25) is 0 Å². The zero-order chi connectivity index (χ0) is 21.3. The van der Waals surface area contributed by atoms with Crippen LogP contribution < -0.4 is 14.4 Å². The Bertz CT molecular complexity index is 954. The molecule has 158 valence electrons. The quantitative estimate of drug-likeness (QED) is 0.706. The smallest absolute Gasteiger partial charge is 0.331 e. The lowest BCUT2D eigenvalue weighted by molar-refractivity contribution is -0.120. The van der Waals surface area contributed by atoms with Crippen molar-refractivity contribution >= 4 is 17.6 Å². The zero-order valence-corrected chi connectivity index (χ0v) is 17.8. The molecule has 0 saturated carbocycles. The van der Waals surface area contributed by atoms with Crippen LogP contribution in [0.3, 0.4) is 0 Å². The van der Waals surface area contributed by atoms with Gasteiger partial charge in [-0.2, -0.15) is 0 Å². The fourth-order valence-electron chi connectivity index (χ4n) is 4.32. The number of ether oxygens (including phenoxy) is 2. The number of anilines is 1. The summed E-state index contributed by atoms with van der Waals surface area (Å²) in [6, 6.07) is 11.1. The van der Waals surface area contributed by atoms with Gasteiger partial charge in [-0.1, -0.05) is 19.1 Å².